The topological polar surface area (TPSA) is 64.4 Å². The molecule has 3 aromatic rings. The third-order valence-electron chi connectivity index (χ3n) is 4.55. The van der Waals surface area contributed by atoms with E-state index in [1.54, 1.807) is 37.7 Å². The lowest BCUT2D eigenvalue weighted by Gasteiger charge is -2.13. The first-order valence-corrected chi connectivity index (χ1v) is 8.39. The number of aromatic nitrogens is 1. The average molecular weight is 350 g/mol. The molecule has 3 rings (SSSR count). The van der Waals surface area contributed by atoms with Gasteiger partial charge in [-0.1, -0.05) is 0 Å². The number of hydrogen-bond donors (Lipinski definition) is 1. The van der Waals surface area contributed by atoms with Crippen molar-refractivity contribution < 1.29 is 13.9 Å². The number of pyridine rings is 1. The molecule has 134 valence electrons. The zero-order chi connectivity index (χ0) is 18.8. The summed E-state index contributed by atoms with van der Waals surface area (Å²) >= 11 is 0. The lowest BCUT2D eigenvalue weighted by atomic mass is 9.98. The largest absolute Gasteiger partial charge is 0.496 e. The number of nitrogens with zero attached hydrogens (tertiary/aromatic N) is 1. The van der Waals surface area contributed by atoms with Gasteiger partial charge in [0, 0.05) is 28.8 Å². The Bertz CT molecular complexity index is 1000. The fraction of sp³-hybridized carbons (Fsp3) is 0.238. The van der Waals surface area contributed by atoms with Gasteiger partial charge in [0.2, 0.25) is 5.91 Å². The highest BCUT2D eigenvalue weighted by Gasteiger charge is 2.18. The number of ether oxygens (including phenoxy) is 1. The van der Waals surface area contributed by atoms with E-state index in [9.17, 15) is 4.79 Å². The van der Waals surface area contributed by atoms with Crippen molar-refractivity contribution in [2.75, 3.05) is 12.4 Å². The van der Waals surface area contributed by atoms with Gasteiger partial charge in [-0.3, -0.25) is 9.78 Å². The molecule has 0 atom stereocenters. The number of fused-ring (bicyclic) bond motifs is 1. The Morgan fingerprint density at radius 1 is 1.27 bits per heavy atom. The van der Waals surface area contributed by atoms with Crippen LogP contribution in [0.25, 0.3) is 16.5 Å². The van der Waals surface area contributed by atoms with E-state index in [-0.39, 0.29) is 5.91 Å². The molecular formula is C21H22N2O3. The normalized spacial score (nSPS) is 11.7. The van der Waals surface area contributed by atoms with Crippen LogP contribution in [0.3, 0.4) is 0 Å². The smallest absolute Gasteiger partial charge is 0.248 e. The second kappa shape index (κ2) is 7.04. The molecule has 0 bridgehead atoms. The van der Waals surface area contributed by atoms with Crippen molar-refractivity contribution >= 4 is 28.1 Å². The molecule has 0 spiro atoms. The number of nitrogens with one attached hydrogen (secondary N) is 1. The summed E-state index contributed by atoms with van der Waals surface area (Å²) in [5.41, 5.74) is 5.19. The number of aryl methyl sites for hydroxylation is 3. The number of rotatable bonds is 4. The summed E-state index contributed by atoms with van der Waals surface area (Å²) in [5, 5.41) is 3.85. The van der Waals surface area contributed by atoms with E-state index in [1.807, 2.05) is 33.8 Å². The molecule has 1 aromatic carbocycles. The molecule has 2 heterocycles. The number of anilines is 1. The molecule has 0 aliphatic heterocycles. The molecule has 0 saturated carbocycles. The van der Waals surface area contributed by atoms with Gasteiger partial charge in [-0.25, -0.2) is 0 Å². The Morgan fingerprint density at radius 2 is 2.04 bits per heavy atom. The first-order chi connectivity index (χ1) is 12.4. The van der Waals surface area contributed by atoms with Crippen molar-refractivity contribution in [3.05, 3.63) is 59.1 Å². The van der Waals surface area contributed by atoms with Crippen molar-refractivity contribution in [3.8, 4) is 5.75 Å². The number of hydrogen-bond acceptors (Lipinski definition) is 4. The van der Waals surface area contributed by atoms with Crippen LogP contribution >= 0.6 is 0 Å². The third kappa shape index (κ3) is 3.20. The first-order valence-electron chi connectivity index (χ1n) is 8.39. The minimum atomic E-state index is -0.213. The van der Waals surface area contributed by atoms with Crippen LogP contribution in [-0.2, 0) is 4.79 Å². The maximum Gasteiger partial charge on any atom is 0.248 e. The summed E-state index contributed by atoms with van der Waals surface area (Å²) in [6.45, 7) is 7.85. The van der Waals surface area contributed by atoms with Gasteiger partial charge in [-0.05, 0) is 57.0 Å². The Morgan fingerprint density at radius 3 is 2.69 bits per heavy atom. The van der Waals surface area contributed by atoms with Crippen molar-refractivity contribution in [3.63, 3.8) is 0 Å². The molecule has 0 fully saturated rings. The summed E-state index contributed by atoms with van der Waals surface area (Å²) in [5.74, 6) is 1.39. The van der Waals surface area contributed by atoms with Gasteiger partial charge >= 0.3 is 0 Å². The average Bonchev–Trinajstić information content (AvgIpc) is 2.91. The zero-order valence-electron chi connectivity index (χ0n) is 15.6. The van der Waals surface area contributed by atoms with Gasteiger partial charge in [0.1, 0.15) is 17.1 Å². The SMILES string of the molecule is COc1c(/C(C)=C/C(=O)Nc2cccnc2)cc2c(C)c(C)oc2c1C. The van der Waals surface area contributed by atoms with E-state index >= 15 is 0 Å². The molecular weight excluding hydrogens is 328 g/mol. The van der Waals surface area contributed by atoms with Crippen LogP contribution in [-0.4, -0.2) is 18.0 Å². The van der Waals surface area contributed by atoms with Gasteiger partial charge in [0.25, 0.3) is 0 Å². The molecule has 26 heavy (non-hydrogen) atoms. The minimum absolute atomic E-state index is 0.213. The lowest BCUT2D eigenvalue weighted by Crippen LogP contribution is -2.08. The molecule has 0 aliphatic carbocycles. The van der Waals surface area contributed by atoms with Crippen molar-refractivity contribution in [2.24, 2.45) is 0 Å². The third-order valence-corrected chi connectivity index (χ3v) is 4.55. The molecule has 0 saturated heterocycles. The Hall–Kier alpha value is -3.08. The van der Waals surface area contributed by atoms with Crippen LogP contribution in [0.15, 0.2) is 41.1 Å². The van der Waals surface area contributed by atoms with Crippen LogP contribution < -0.4 is 10.1 Å². The fourth-order valence-corrected chi connectivity index (χ4v) is 3.06. The maximum absolute atomic E-state index is 12.3. The van der Waals surface area contributed by atoms with Gasteiger partial charge in [-0.15, -0.1) is 0 Å². The molecule has 0 radical (unpaired) electrons. The summed E-state index contributed by atoms with van der Waals surface area (Å²) < 4.78 is 11.5. The van der Waals surface area contributed by atoms with Crippen LogP contribution in [0.4, 0.5) is 5.69 Å². The molecule has 0 unspecified atom stereocenters. The quantitative estimate of drug-likeness (QED) is 0.686. The van der Waals surface area contributed by atoms with E-state index in [0.717, 1.165) is 39.0 Å². The molecule has 5 nitrogen and oxygen atoms in total. The van der Waals surface area contributed by atoms with E-state index < -0.39 is 0 Å². The Kier molecular flexibility index (Phi) is 4.80. The standard InChI is InChI=1S/C21H22N2O3/c1-12(9-19(24)23-16-7-6-8-22-11-16)17-10-18-13(2)15(4)26-21(18)14(3)20(17)25-5/h6-11H,1-5H3,(H,23,24)/b12-9+. The van der Waals surface area contributed by atoms with Gasteiger partial charge in [0.15, 0.2) is 0 Å². The second-order valence-electron chi connectivity index (χ2n) is 6.30. The summed E-state index contributed by atoms with van der Waals surface area (Å²) in [7, 11) is 1.63. The highest BCUT2D eigenvalue weighted by atomic mass is 16.5. The predicted molar refractivity (Wildman–Crippen MR) is 103 cm³/mol. The molecule has 1 N–H and O–H groups in total. The number of carbonyl (C=O) groups excluding carboxylic acids is 1. The lowest BCUT2D eigenvalue weighted by molar-refractivity contribution is -0.111. The Labute approximate surface area is 152 Å². The Balaban J connectivity index is 2.02. The van der Waals surface area contributed by atoms with Crippen LogP contribution in [0.2, 0.25) is 0 Å². The van der Waals surface area contributed by atoms with E-state index in [1.165, 1.54) is 0 Å². The molecule has 0 aliphatic rings. The summed E-state index contributed by atoms with van der Waals surface area (Å²) in [6, 6.07) is 5.59. The first kappa shape index (κ1) is 17.7. The van der Waals surface area contributed by atoms with E-state index in [4.69, 9.17) is 9.15 Å². The van der Waals surface area contributed by atoms with Crippen LogP contribution in [0.1, 0.15) is 29.4 Å². The molecule has 2 aromatic heterocycles. The molecule has 1 amide bonds. The second-order valence-corrected chi connectivity index (χ2v) is 6.30. The van der Waals surface area contributed by atoms with Gasteiger partial charge in [0.05, 0.1) is 19.0 Å². The van der Waals surface area contributed by atoms with E-state index in [2.05, 4.69) is 10.3 Å². The summed E-state index contributed by atoms with van der Waals surface area (Å²) in [4.78, 5) is 16.3. The summed E-state index contributed by atoms with van der Waals surface area (Å²) in [6.07, 6.45) is 4.84. The van der Waals surface area contributed by atoms with Crippen molar-refractivity contribution in [1.29, 1.82) is 0 Å². The highest BCUT2D eigenvalue weighted by Crippen LogP contribution is 2.38. The zero-order valence-corrected chi connectivity index (χ0v) is 15.6. The van der Waals surface area contributed by atoms with E-state index in [0.29, 0.717) is 11.4 Å². The van der Waals surface area contributed by atoms with Crippen molar-refractivity contribution in [2.45, 2.75) is 27.7 Å². The van der Waals surface area contributed by atoms with Gasteiger partial charge in [-0.2, -0.15) is 0 Å². The van der Waals surface area contributed by atoms with Gasteiger partial charge < -0.3 is 14.5 Å². The highest BCUT2D eigenvalue weighted by molar-refractivity contribution is 6.05. The predicted octanol–water partition coefficient (Wildman–Crippen LogP) is 4.80. The number of carbonyl (C=O) groups is 1. The minimum Gasteiger partial charge on any atom is -0.496 e. The number of amides is 1. The number of methoxy groups -OCH3 is 1. The fourth-order valence-electron chi connectivity index (χ4n) is 3.06. The molecule has 5 heteroatoms. The monoisotopic (exact) mass is 350 g/mol. The van der Waals surface area contributed by atoms with Crippen LogP contribution in [0.5, 0.6) is 5.75 Å². The maximum atomic E-state index is 12.3. The van der Waals surface area contributed by atoms with Crippen LogP contribution in [0, 0.1) is 20.8 Å². The number of allylic oxidation sites excluding steroid dienone is 1. The van der Waals surface area contributed by atoms with Crippen molar-refractivity contribution in [1.82, 2.24) is 4.98 Å². The number of furan rings is 1. The number of benzene rings is 1.